The Kier molecular flexibility index (Phi) is 8.55. The van der Waals surface area contributed by atoms with Crippen molar-refractivity contribution in [1.82, 2.24) is 35.1 Å². The third kappa shape index (κ3) is 6.36. The van der Waals surface area contributed by atoms with Gasteiger partial charge in [-0.25, -0.2) is 15.0 Å². The first-order valence-corrected chi connectivity index (χ1v) is 14.1. The second-order valence-electron chi connectivity index (χ2n) is 10.0. The van der Waals surface area contributed by atoms with Crippen molar-refractivity contribution in [1.29, 1.82) is 0 Å². The molecule has 1 aliphatic rings. The molecule has 0 aliphatic carbocycles. The first kappa shape index (κ1) is 28.6. The van der Waals surface area contributed by atoms with Crippen LogP contribution in [0.4, 0.5) is 5.82 Å². The number of fused-ring (bicyclic) bond motifs is 2. The van der Waals surface area contributed by atoms with E-state index in [1.54, 1.807) is 36.2 Å². The molecule has 0 saturated carbocycles. The number of nitrogens with zero attached hydrogens (tertiary/aromatic N) is 5. The van der Waals surface area contributed by atoms with E-state index in [1.807, 2.05) is 6.07 Å². The van der Waals surface area contributed by atoms with E-state index in [4.69, 9.17) is 28.2 Å². The Labute approximate surface area is 246 Å². The Bertz CT molecular complexity index is 1620. The summed E-state index contributed by atoms with van der Waals surface area (Å²) in [4.78, 5) is 57.7. The number of amides is 3. The number of aromatic nitrogens is 4. The van der Waals surface area contributed by atoms with Crippen LogP contribution in [0.3, 0.4) is 0 Å². The van der Waals surface area contributed by atoms with Crippen LogP contribution in [0.5, 0.6) is 0 Å². The zero-order chi connectivity index (χ0) is 29.1. The van der Waals surface area contributed by atoms with Crippen molar-refractivity contribution in [3.05, 3.63) is 58.1 Å². The van der Waals surface area contributed by atoms with E-state index in [1.165, 1.54) is 18.3 Å². The number of likely N-dealkylation sites (tertiary alicyclic amines) is 1. The Balaban J connectivity index is 1.45. The van der Waals surface area contributed by atoms with Crippen molar-refractivity contribution in [3.63, 3.8) is 0 Å². The molecule has 0 radical (unpaired) electrons. The molecule has 2 aromatic heterocycles. The van der Waals surface area contributed by atoms with Gasteiger partial charge in [0.15, 0.2) is 0 Å². The third-order valence-corrected chi connectivity index (χ3v) is 7.73. The molecule has 41 heavy (non-hydrogen) atoms. The lowest BCUT2D eigenvalue weighted by Crippen LogP contribution is -2.37. The van der Waals surface area contributed by atoms with Crippen LogP contribution in [0.15, 0.2) is 36.7 Å². The molecule has 3 heterocycles. The summed E-state index contributed by atoms with van der Waals surface area (Å²) in [7, 11) is 3.11. The number of likely N-dealkylation sites (N-methyl/N-ethyl adjacent to an activating group) is 2. The van der Waals surface area contributed by atoms with Crippen LogP contribution in [0, 0.1) is 0 Å². The lowest BCUT2D eigenvalue weighted by molar-refractivity contribution is -0.134. The average molecular weight is 598 g/mol. The Hall–Kier alpha value is -3.96. The first-order chi connectivity index (χ1) is 19.7. The van der Waals surface area contributed by atoms with Crippen LogP contribution < -0.4 is 10.6 Å². The maximum Gasteiger partial charge on any atom is 0.255 e. The highest BCUT2D eigenvalue weighted by Crippen LogP contribution is 2.32. The predicted octanol–water partition coefficient (Wildman–Crippen LogP) is 4.19. The molecule has 1 saturated heterocycles. The minimum atomic E-state index is -0.471. The van der Waals surface area contributed by atoms with Crippen molar-refractivity contribution < 1.29 is 14.4 Å². The number of rotatable bonds is 9. The van der Waals surface area contributed by atoms with Crippen molar-refractivity contribution in [2.24, 2.45) is 0 Å². The molecule has 2 aromatic carbocycles. The minimum absolute atomic E-state index is 0.0376. The van der Waals surface area contributed by atoms with E-state index in [0.29, 0.717) is 63.2 Å². The number of H-pyrrole nitrogens is 1. The average Bonchev–Trinajstić information content (AvgIpc) is 3.65. The fourth-order valence-corrected chi connectivity index (χ4v) is 5.30. The normalized spacial score (nSPS) is 13.9. The number of carbonyl (C=O) groups excluding carboxylic acids is 3. The van der Waals surface area contributed by atoms with Gasteiger partial charge < -0.3 is 25.4 Å². The molecule has 0 bridgehead atoms. The van der Waals surface area contributed by atoms with Crippen molar-refractivity contribution in [3.8, 4) is 0 Å². The first-order valence-electron chi connectivity index (χ1n) is 13.3. The number of imidazole rings is 1. The van der Waals surface area contributed by atoms with E-state index >= 15 is 0 Å². The largest absolute Gasteiger partial charge is 0.359 e. The topological polar surface area (TPSA) is 136 Å². The summed E-state index contributed by atoms with van der Waals surface area (Å²) < 4.78 is 0. The number of benzene rings is 2. The van der Waals surface area contributed by atoms with E-state index in [9.17, 15) is 14.4 Å². The summed E-state index contributed by atoms with van der Waals surface area (Å²) in [5.41, 5.74) is 2.44. The highest BCUT2D eigenvalue weighted by Gasteiger charge is 2.24. The SMILES string of the molecule is CNC(=O)CN(C)C(=O)CCC(Nc1ncnc2cc(C(=O)N3CCCC3)c(Cl)cc12)c1nc2cc(Cl)ccc2[nH]1. The number of hydrogen-bond acceptors (Lipinski definition) is 7. The summed E-state index contributed by atoms with van der Waals surface area (Å²) in [6, 6.07) is 8.29. The van der Waals surface area contributed by atoms with Gasteiger partial charge in [0.2, 0.25) is 11.8 Å². The van der Waals surface area contributed by atoms with Crippen LogP contribution in [-0.2, 0) is 9.59 Å². The zero-order valence-electron chi connectivity index (χ0n) is 22.7. The molecule has 13 heteroatoms. The third-order valence-electron chi connectivity index (χ3n) is 7.18. The van der Waals surface area contributed by atoms with Gasteiger partial charge in [0.05, 0.1) is 39.7 Å². The van der Waals surface area contributed by atoms with E-state index in [-0.39, 0.29) is 30.7 Å². The molecule has 5 rings (SSSR count). The monoisotopic (exact) mass is 596 g/mol. The van der Waals surface area contributed by atoms with Gasteiger partial charge in [0.25, 0.3) is 5.91 Å². The van der Waals surface area contributed by atoms with Crippen molar-refractivity contribution >= 4 is 68.7 Å². The molecule has 214 valence electrons. The standard InChI is InChI=1S/C28H30Cl2N8O3/c1-31-24(39)14-37(2)25(40)8-7-21(27-34-20-6-5-16(29)11-23(20)36-27)35-26-18-12-19(30)17(13-22(18)32-15-33-26)28(41)38-9-3-4-10-38/h5-6,11-13,15,21H,3-4,7-10,14H2,1-2H3,(H,31,39)(H,34,36)(H,32,33,35). The maximum absolute atomic E-state index is 13.1. The summed E-state index contributed by atoms with van der Waals surface area (Å²) in [5, 5.41) is 7.43. The molecular weight excluding hydrogens is 567 g/mol. The van der Waals surface area contributed by atoms with Crippen molar-refractivity contribution in [2.45, 2.75) is 31.7 Å². The van der Waals surface area contributed by atoms with E-state index < -0.39 is 6.04 Å². The molecule has 11 nitrogen and oxygen atoms in total. The van der Waals surface area contributed by atoms with Crippen LogP contribution in [0.25, 0.3) is 21.9 Å². The number of carbonyl (C=O) groups is 3. The smallest absolute Gasteiger partial charge is 0.255 e. The lowest BCUT2D eigenvalue weighted by atomic mass is 10.1. The molecule has 3 amide bonds. The quantitative estimate of drug-likeness (QED) is 0.263. The maximum atomic E-state index is 13.1. The molecule has 4 aromatic rings. The van der Waals surface area contributed by atoms with Gasteiger partial charge in [0, 0.05) is 44.0 Å². The fourth-order valence-electron chi connectivity index (χ4n) is 4.89. The number of halogens is 2. The van der Waals surface area contributed by atoms with Gasteiger partial charge in [-0.3, -0.25) is 14.4 Å². The summed E-state index contributed by atoms with van der Waals surface area (Å²) in [5.74, 6) is 0.506. The van der Waals surface area contributed by atoms with Gasteiger partial charge in [0.1, 0.15) is 18.0 Å². The highest BCUT2D eigenvalue weighted by molar-refractivity contribution is 6.35. The summed E-state index contributed by atoms with van der Waals surface area (Å²) in [6.07, 6.45) is 3.86. The number of nitrogens with one attached hydrogen (secondary N) is 3. The molecular formula is C28H30Cl2N8O3. The van der Waals surface area contributed by atoms with Crippen molar-refractivity contribution in [2.75, 3.05) is 39.0 Å². The number of aromatic amines is 1. The second kappa shape index (κ2) is 12.3. The van der Waals surface area contributed by atoms with Crippen LogP contribution in [0.1, 0.15) is 47.9 Å². The van der Waals surface area contributed by atoms with Gasteiger partial charge >= 0.3 is 0 Å². The predicted molar refractivity (Wildman–Crippen MR) is 158 cm³/mol. The Morgan fingerprint density at radius 1 is 1.10 bits per heavy atom. The molecule has 1 unspecified atom stereocenters. The van der Waals surface area contributed by atoms with Gasteiger partial charge in [-0.05, 0) is 49.6 Å². The fraction of sp³-hybridized carbons (Fsp3) is 0.357. The second-order valence-corrected chi connectivity index (χ2v) is 10.9. The van der Waals surface area contributed by atoms with Gasteiger partial charge in [-0.1, -0.05) is 23.2 Å². The molecule has 1 fully saturated rings. The molecule has 1 atom stereocenters. The minimum Gasteiger partial charge on any atom is -0.359 e. The summed E-state index contributed by atoms with van der Waals surface area (Å²) >= 11 is 12.8. The van der Waals surface area contributed by atoms with Crippen LogP contribution in [-0.4, -0.2) is 81.2 Å². The number of anilines is 1. The van der Waals surface area contributed by atoms with Crippen LogP contribution in [0.2, 0.25) is 10.0 Å². The van der Waals surface area contributed by atoms with E-state index in [2.05, 4.69) is 25.6 Å². The summed E-state index contributed by atoms with van der Waals surface area (Å²) in [6.45, 7) is 1.39. The molecule has 3 N–H and O–H groups in total. The van der Waals surface area contributed by atoms with Gasteiger partial charge in [-0.15, -0.1) is 0 Å². The number of hydrogen-bond donors (Lipinski definition) is 3. The Morgan fingerprint density at radius 2 is 1.88 bits per heavy atom. The zero-order valence-corrected chi connectivity index (χ0v) is 24.2. The lowest BCUT2D eigenvalue weighted by Gasteiger charge is -2.21. The van der Waals surface area contributed by atoms with Gasteiger partial charge in [-0.2, -0.15) is 0 Å². The highest BCUT2D eigenvalue weighted by atomic mass is 35.5. The molecule has 1 aliphatic heterocycles. The van der Waals surface area contributed by atoms with Crippen LogP contribution >= 0.6 is 23.2 Å². The molecule has 0 spiro atoms. The Morgan fingerprint density at radius 3 is 2.63 bits per heavy atom. The van der Waals surface area contributed by atoms with E-state index in [0.717, 1.165) is 18.4 Å².